The van der Waals surface area contributed by atoms with Crippen molar-refractivity contribution in [1.82, 2.24) is 0 Å². The molecule has 0 heterocycles. The Kier molecular flexibility index (Phi) is 3.39. The van der Waals surface area contributed by atoms with Crippen molar-refractivity contribution in [2.24, 2.45) is 0 Å². The Balaban J connectivity index is 3.99. The van der Waals surface area contributed by atoms with E-state index in [1.807, 2.05) is 0 Å². The highest BCUT2D eigenvalue weighted by atomic mass is 16.8. The largest absolute Gasteiger partial charge is 0.478 e. The van der Waals surface area contributed by atoms with Crippen LogP contribution in [0.2, 0.25) is 0 Å². The number of aliphatic carboxylic acids is 1. The molecule has 0 radical (unpaired) electrons. The molecule has 12 heavy (non-hydrogen) atoms. The van der Waals surface area contributed by atoms with Gasteiger partial charge in [0.15, 0.2) is 0 Å². The molecule has 0 atom stereocenters. The third kappa shape index (κ3) is 6.72. The number of esters is 1. The zero-order chi connectivity index (χ0) is 9.78. The lowest BCUT2D eigenvalue weighted by molar-refractivity contribution is -0.304. The summed E-state index contributed by atoms with van der Waals surface area (Å²) in [5.74, 6) is -5.06. The van der Waals surface area contributed by atoms with Gasteiger partial charge in [0.05, 0.1) is 0 Å². The SMILES string of the molecule is CC(O)(O)OC(=O)/C=C\C(=O)O. The molecule has 0 aromatic rings. The number of hydrogen-bond acceptors (Lipinski definition) is 5. The minimum absolute atomic E-state index is 0.522. The van der Waals surface area contributed by atoms with Crippen molar-refractivity contribution in [2.45, 2.75) is 12.9 Å². The van der Waals surface area contributed by atoms with Crippen molar-refractivity contribution >= 4 is 11.9 Å². The first-order chi connectivity index (χ1) is 5.31. The van der Waals surface area contributed by atoms with Gasteiger partial charge in [-0.05, 0) is 0 Å². The number of carboxylic acid groups (broad SMARTS) is 1. The van der Waals surface area contributed by atoms with Crippen molar-refractivity contribution in [3.8, 4) is 0 Å². The quantitative estimate of drug-likeness (QED) is 0.284. The van der Waals surface area contributed by atoms with Crippen LogP contribution in [0.4, 0.5) is 0 Å². The predicted molar refractivity (Wildman–Crippen MR) is 35.7 cm³/mol. The van der Waals surface area contributed by atoms with Gasteiger partial charge in [-0.3, -0.25) is 0 Å². The predicted octanol–water partition coefficient (Wildman–Crippen LogP) is -1.17. The lowest BCUT2D eigenvalue weighted by Crippen LogP contribution is -2.29. The lowest BCUT2D eigenvalue weighted by atomic mass is 10.5. The van der Waals surface area contributed by atoms with Gasteiger partial charge in [-0.15, -0.1) is 0 Å². The summed E-state index contributed by atoms with van der Waals surface area (Å²) in [5.41, 5.74) is 0. The normalized spacial score (nSPS) is 11.6. The molecule has 6 heteroatoms. The summed E-state index contributed by atoms with van der Waals surface area (Å²) in [6, 6.07) is 0. The maximum Gasteiger partial charge on any atom is 0.335 e. The molecule has 0 aromatic heterocycles. The van der Waals surface area contributed by atoms with E-state index in [0.29, 0.717) is 12.2 Å². The van der Waals surface area contributed by atoms with Gasteiger partial charge in [-0.2, -0.15) is 0 Å². The number of aliphatic hydroxyl groups is 2. The van der Waals surface area contributed by atoms with Gasteiger partial charge in [0.25, 0.3) is 0 Å². The van der Waals surface area contributed by atoms with E-state index in [0.717, 1.165) is 6.92 Å². The zero-order valence-corrected chi connectivity index (χ0v) is 6.22. The number of rotatable bonds is 3. The van der Waals surface area contributed by atoms with E-state index >= 15 is 0 Å². The standard InChI is InChI=1S/C6H8O6/c1-6(10,11)12-5(9)3-2-4(7)8/h2-3,10-11H,1H3,(H,7,8)/b3-2-. The summed E-state index contributed by atoms with van der Waals surface area (Å²) in [4.78, 5) is 20.3. The lowest BCUT2D eigenvalue weighted by Gasteiger charge is -2.13. The van der Waals surface area contributed by atoms with Crippen molar-refractivity contribution in [3.63, 3.8) is 0 Å². The average molecular weight is 176 g/mol. The van der Waals surface area contributed by atoms with E-state index < -0.39 is 17.9 Å². The molecule has 0 bridgehead atoms. The average Bonchev–Trinajstić information content (AvgIpc) is 1.79. The molecular weight excluding hydrogens is 168 g/mol. The minimum atomic E-state index is -2.58. The number of carboxylic acids is 1. The second-order valence-corrected chi connectivity index (χ2v) is 2.03. The summed E-state index contributed by atoms with van der Waals surface area (Å²) >= 11 is 0. The van der Waals surface area contributed by atoms with Crippen LogP contribution in [0.5, 0.6) is 0 Å². The molecule has 0 saturated heterocycles. The summed E-state index contributed by atoms with van der Waals surface area (Å²) in [5, 5.41) is 25.0. The van der Waals surface area contributed by atoms with Crippen LogP contribution in [0.25, 0.3) is 0 Å². The fourth-order valence-corrected chi connectivity index (χ4v) is 0.364. The van der Waals surface area contributed by atoms with Crippen LogP contribution in [0.3, 0.4) is 0 Å². The van der Waals surface area contributed by atoms with Gasteiger partial charge in [0, 0.05) is 19.1 Å². The first kappa shape index (κ1) is 10.6. The smallest absolute Gasteiger partial charge is 0.335 e. The summed E-state index contributed by atoms with van der Waals surface area (Å²) < 4.78 is 3.91. The van der Waals surface area contributed by atoms with Gasteiger partial charge < -0.3 is 20.1 Å². The van der Waals surface area contributed by atoms with Gasteiger partial charge in [-0.1, -0.05) is 0 Å². The number of carbonyl (C=O) groups is 2. The molecule has 0 aliphatic rings. The minimum Gasteiger partial charge on any atom is -0.478 e. The Bertz CT molecular complexity index is 211. The van der Waals surface area contributed by atoms with Crippen LogP contribution in [0, 0.1) is 0 Å². The number of hydrogen-bond donors (Lipinski definition) is 3. The highest BCUT2D eigenvalue weighted by Gasteiger charge is 2.19. The molecule has 0 spiro atoms. The molecule has 0 aliphatic heterocycles. The number of carbonyl (C=O) groups excluding carboxylic acids is 1. The van der Waals surface area contributed by atoms with Crippen molar-refractivity contribution in [1.29, 1.82) is 0 Å². The third-order valence-electron chi connectivity index (χ3n) is 0.656. The molecule has 0 amide bonds. The van der Waals surface area contributed by atoms with Gasteiger partial charge in [0.1, 0.15) is 0 Å². The Morgan fingerprint density at radius 3 is 2.17 bits per heavy atom. The van der Waals surface area contributed by atoms with Crippen LogP contribution in [0.15, 0.2) is 12.2 Å². The summed E-state index contributed by atoms with van der Waals surface area (Å²) in [6.45, 7) is 0.819. The van der Waals surface area contributed by atoms with Gasteiger partial charge in [0.2, 0.25) is 0 Å². The Morgan fingerprint density at radius 1 is 1.33 bits per heavy atom. The molecular formula is C6H8O6. The van der Waals surface area contributed by atoms with E-state index in [1.54, 1.807) is 0 Å². The van der Waals surface area contributed by atoms with Gasteiger partial charge in [-0.25, -0.2) is 9.59 Å². The van der Waals surface area contributed by atoms with Crippen molar-refractivity contribution < 1.29 is 29.6 Å². The monoisotopic (exact) mass is 176 g/mol. The van der Waals surface area contributed by atoms with Crippen LogP contribution in [-0.2, 0) is 14.3 Å². The Morgan fingerprint density at radius 2 is 1.83 bits per heavy atom. The Hall–Kier alpha value is -1.40. The van der Waals surface area contributed by atoms with Crippen LogP contribution in [0.1, 0.15) is 6.92 Å². The summed E-state index contributed by atoms with van der Waals surface area (Å²) in [7, 11) is 0. The second-order valence-electron chi connectivity index (χ2n) is 2.03. The third-order valence-corrected chi connectivity index (χ3v) is 0.656. The van der Waals surface area contributed by atoms with E-state index in [2.05, 4.69) is 4.74 Å². The molecule has 0 aromatic carbocycles. The molecule has 3 N–H and O–H groups in total. The van der Waals surface area contributed by atoms with Gasteiger partial charge >= 0.3 is 17.9 Å². The van der Waals surface area contributed by atoms with Crippen molar-refractivity contribution in [2.75, 3.05) is 0 Å². The molecule has 0 rings (SSSR count). The van der Waals surface area contributed by atoms with E-state index in [9.17, 15) is 9.59 Å². The molecule has 68 valence electrons. The molecule has 0 unspecified atom stereocenters. The highest BCUT2D eigenvalue weighted by molar-refractivity contribution is 5.90. The van der Waals surface area contributed by atoms with Crippen LogP contribution >= 0.6 is 0 Å². The van der Waals surface area contributed by atoms with E-state index in [1.165, 1.54) is 0 Å². The fraction of sp³-hybridized carbons (Fsp3) is 0.333. The molecule has 0 aliphatic carbocycles. The molecule has 0 fully saturated rings. The first-order valence-electron chi connectivity index (χ1n) is 2.90. The van der Waals surface area contributed by atoms with E-state index in [4.69, 9.17) is 15.3 Å². The van der Waals surface area contributed by atoms with E-state index in [-0.39, 0.29) is 0 Å². The molecule has 0 saturated carbocycles. The molecule has 6 nitrogen and oxygen atoms in total. The van der Waals surface area contributed by atoms with Crippen LogP contribution < -0.4 is 0 Å². The maximum absolute atomic E-state index is 10.5. The maximum atomic E-state index is 10.5. The topological polar surface area (TPSA) is 104 Å². The Labute approximate surface area is 67.7 Å². The second kappa shape index (κ2) is 3.84. The summed E-state index contributed by atoms with van der Waals surface area (Å²) in [6.07, 6.45) is 1.08. The fourth-order valence-electron chi connectivity index (χ4n) is 0.364. The highest BCUT2D eigenvalue weighted by Crippen LogP contribution is 1.99. The van der Waals surface area contributed by atoms with Crippen molar-refractivity contribution in [3.05, 3.63) is 12.2 Å². The number of ether oxygens (including phenoxy) is 1. The van der Waals surface area contributed by atoms with Crippen LogP contribution in [-0.4, -0.2) is 33.2 Å². The first-order valence-corrected chi connectivity index (χ1v) is 2.90. The zero-order valence-electron chi connectivity index (χ0n) is 6.22.